The quantitative estimate of drug-likeness (QED) is 0.230. The van der Waals surface area contributed by atoms with E-state index in [0.717, 1.165) is 53.8 Å². The first kappa shape index (κ1) is 35.2. The Balaban J connectivity index is 0.000000157. The molecule has 0 amide bonds. The van der Waals surface area contributed by atoms with Gasteiger partial charge in [-0.25, -0.2) is 0 Å². The van der Waals surface area contributed by atoms with Gasteiger partial charge in [-0.3, -0.25) is 0 Å². The van der Waals surface area contributed by atoms with Crippen molar-refractivity contribution in [1.29, 1.82) is 0 Å². The van der Waals surface area contributed by atoms with E-state index < -0.39 is 18.7 Å². The van der Waals surface area contributed by atoms with Crippen LogP contribution in [0.25, 0.3) is 0 Å². The van der Waals surface area contributed by atoms with Gasteiger partial charge in [0.2, 0.25) is 5.79 Å². The molecule has 6 rings (SSSR count). The van der Waals surface area contributed by atoms with Crippen LogP contribution in [0.4, 0.5) is 0 Å². The molecule has 0 aliphatic carbocycles. The average molecular weight is 637 g/mol. The fraction of sp³-hybridized carbons (Fsp3) is 0.526. The molecule has 3 heterocycles. The minimum absolute atomic E-state index is 0.517. The maximum absolute atomic E-state index is 5.71. The first-order valence-electron chi connectivity index (χ1n) is 16.6. The summed E-state index contributed by atoms with van der Waals surface area (Å²) >= 11 is 0. The van der Waals surface area contributed by atoms with E-state index >= 15 is 0 Å². The van der Waals surface area contributed by atoms with Crippen molar-refractivity contribution in [3.05, 3.63) is 71.3 Å². The van der Waals surface area contributed by atoms with Crippen molar-refractivity contribution in [1.82, 2.24) is 0 Å². The molecular weight excluding hydrogens is 584 g/mol. The molecule has 5 unspecified atom stereocenters. The standard InChI is InChI=1S/C13H18O3.C13H18O2.C12H16O3/c1-4-9(3)10-6-7-11-12(8-10)16-13(15-11)14-5-2;1-5-9(2)10-6-7-11-12(8-10)15-13(3,4)14-11;1-4-8(2)9-5-6-10-11(7-9)15-12(13-3)14-10/h6-9,13H,4-5H2,1-3H3;6-9H,5H2,1-4H3;5-8,12H,4H2,1-3H3. The molecule has 8 heteroatoms. The number of hydrogen-bond donors (Lipinski definition) is 0. The van der Waals surface area contributed by atoms with E-state index in [2.05, 4.69) is 65.8 Å². The molecule has 3 aromatic rings. The van der Waals surface area contributed by atoms with E-state index in [4.69, 9.17) is 37.9 Å². The lowest BCUT2D eigenvalue weighted by Crippen LogP contribution is -2.29. The summed E-state index contributed by atoms with van der Waals surface area (Å²) in [6, 6.07) is 18.4. The zero-order valence-electron chi connectivity index (χ0n) is 29.2. The summed E-state index contributed by atoms with van der Waals surface area (Å²) in [6.07, 6.45) is 3.38. The van der Waals surface area contributed by atoms with Gasteiger partial charge < -0.3 is 37.9 Å². The van der Waals surface area contributed by atoms with Gasteiger partial charge in [0, 0.05) is 21.0 Å². The average Bonchev–Trinajstić information content (AvgIpc) is 3.76. The zero-order valence-corrected chi connectivity index (χ0v) is 29.2. The summed E-state index contributed by atoms with van der Waals surface area (Å²) in [5, 5.41) is 0. The zero-order chi connectivity index (χ0) is 33.4. The van der Waals surface area contributed by atoms with Crippen LogP contribution < -0.4 is 28.4 Å². The Morgan fingerprint density at radius 1 is 0.565 bits per heavy atom. The van der Waals surface area contributed by atoms with Gasteiger partial charge in [0.05, 0.1) is 6.61 Å². The molecule has 0 radical (unpaired) electrons. The Hall–Kier alpha value is -3.62. The number of ether oxygens (including phenoxy) is 8. The molecule has 3 aliphatic heterocycles. The lowest BCUT2D eigenvalue weighted by molar-refractivity contribution is -0.173. The summed E-state index contributed by atoms with van der Waals surface area (Å²) < 4.78 is 43.4. The van der Waals surface area contributed by atoms with Crippen LogP contribution in [0.15, 0.2) is 54.6 Å². The van der Waals surface area contributed by atoms with E-state index in [9.17, 15) is 0 Å². The van der Waals surface area contributed by atoms with Crippen LogP contribution in [0.3, 0.4) is 0 Å². The second-order valence-corrected chi connectivity index (χ2v) is 12.4. The molecule has 3 aliphatic rings. The predicted octanol–water partition coefficient (Wildman–Crippen LogP) is 9.90. The third kappa shape index (κ3) is 8.80. The number of fused-ring (bicyclic) bond motifs is 3. The molecular formula is C38H52O8. The molecule has 252 valence electrons. The minimum atomic E-state index is -0.591. The normalized spacial score (nSPS) is 19.7. The molecule has 0 saturated carbocycles. The number of rotatable bonds is 9. The SMILES string of the molecule is CCC(C)c1ccc2c(c1)OC(C)(C)O2.CCC(C)c1ccc2c(c1)OC(OC)O2.CCOC1Oc2ccc(C(C)CC)cc2O1. The smallest absolute Gasteiger partial charge is 0.361 e. The second-order valence-electron chi connectivity index (χ2n) is 12.4. The molecule has 0 aromatic heterocycles. The fourth-order valence-corrected chi connectivity index (χ4v) is 5.06. The van der Waals surface area contributed by atoms with Crippen LogP contribution in [0.1, 0.15) is 116 Å². The van der Waals surface area contributed by atoms with Crippen molar-refractivity contribution in [2.24, 2.45) is 0 Å². The number of methoxy groups -OCH3 is 1. The maximum Gasteiger partial charge on any atom is 0.361 e. The van der Waals surface area contributed by atoms with Gasteiger partial charge in [0.25, 0.3) is 0 Å². The highest BCUT2D eigenvalue weighted by atomic mass is 16.9. The highest BCUT2D eigenvalue weighted by molar-refractivity contribution is 5.47. The van der Waals surface area contributed by atoms with Crippen LogP contribution in [-0.2, 0) is 9.47 Å². The summed E-state index contributed by atoms with van der Waals surface area (Å²) in [6.45, 7) is 18.4. The lowest BCUT2D eigenvalue weighted by atomic mass is 9.98. The van der Waals surface area contributed by atoms with Crippen molar-refractivity contribution < 1.29 is 37.9 Å². The first-order valence-corrected chi connectivity index (χ1v) is 16.6. The van der Waals surface area contributed by atoms with E-state index in [0.29, 0.717) is 24.4 Å². The topological polar surface area (TPSA) is 73.8 Å². The van der Waals surface area contributed by atoms with Crippen LogP contribution in [0, 0.1) is 0 Å². The highest BCUT2D eigenvalue weighted by Crippen LogP contribution is 2.41. The predicted molar refractivity (Wildman–Crippen MR) is 180 cm³/mol. The monoisotopic (exact) mass is 636 g/mol. The Bertz CT molecular complexity index is 1420. The van der Waals surface area contributed by atoms with Crippen LogP contribution >= 0.6 is 0 Å². The van der Waals surface area contributed by atoms with Gasteiger partial charge in [-0.05, 0) is 97.0 Å². The molecule has 0 N–H and O–H groups in total. The third-order valence-corrected chi connectivity index (χ3v) is 8.55. The summed E-state index contributed by atoms with van der Waals surface area (Å²) in [4.78, 5) is 0. The Kier molecular flexibility index (Phi) is 12.1. The molecule has 0 saturated heterocycles. The maximum atomic E-state index is 5.71. The summed E-state index contributed by atoms with van der Waals surface area (Å²) in [5.41, 5.74) is 3.87. The minimum Gasteiger partial charge on any atom is -0.449 e. The van der Waals surface area contributed by atoms with Gasteiger partial charge in [0.15, 0.2) is 34.5 Å². The second kappa shape index (κ2) is 15.8. The largest absolute Gasteiger partial charge is 0.449 e. The van der Waals surface area contributed by atoms with Gasteiger partial charge in [-0.2, -0.15) is 0 Å². The summed E-state index contributed by atoms with van der Waals surface area (Å²) in [7, 11) is 1.56. The molecule has 46 heavy (non-hydrogen) atoms. The molecule has 0 fully saturated rings. The van der Waals surface area contributed by atoms with Gasteiger partial charge in [-0.1, -0.05) is 59.7 Å². The van der Waals surface area contributed by atoms with Gasteiger partial charge >= 0.3 is 13.0 Å². The van der Waals surface area contributed by atoms with Crippen LogP contribution in [0.5, 0.6) is 34.5 Å². The van der Waals surface area contributed by atoms with E-state index in [1.165, 1.54) is 16.7 Å². The van der Waals surface area contributed by atoms with Crippen molar-refractivity contribution in [3.63, 3.8) is 0 Å². The Labute approximate surface area is 275 Å². The van der Waals surface area contributed by atoms with E-state index in [1.807, 2.05) is 51.1 Å². The van der Waals surface area contributed by atoms with Crippen LogP contribution in [0.2, 0.25) is 0 Å². The van der Waals surface area contributed by atoms with Gasteiger partial charge in [-0.15, -0.1) is 0 Å². The van der Waals surface area contributed by atoms with Gasteiger partial charge in [0.1, 0.15) is 0 Å². The van der Waals surface area contributed by atoms with Crippen LogP contribution in [-0.4, -0.2) is 32.5 Å². The summed E-state index contributed by atoms with van der Waals surface area (Å²) in [5.74, 6) is 5.96. The molecule has 3 aromatic carbocycles. The highest BCUT2D eigenvalue weighted by Gasteiger charge is 2.32. The Morgan fingerprint density at radius 2 is 0.957 bits per heavy atom. The van der Waals surface area contributed by atoms with Crippen molar-refractivity contribution in [2.45, 2.75) is 118 Å². The first-order chi connectivity index (χ1) is 22.0. The van der Waals surface area contributed by atoms with Crippen molar-refractivity contribution in [2.75, 3.05) is 13.7 Å². The van der Waals surface area contributed by atoms with Crippen molar-refractivity contribution >= 4 is 0 Å². The van der Waals surface area contributed by atoms with Crippen molar-refractivity contribution in [3.8, 4) is 34.5 Å². The fourth-order valence-electron chi connectivity index (χ4n) is 5.06. The molecule has 5 atom stereocenters. The van der Waals surface area contributed by atoms with E-state index in [-0.39, 0.29) is 0 Å². The Morgan fingerprint density at radius 3 is 1.41 bits per heavy atom. The molecule has 8 nitrogen and oxygen atoms in total. The molecule has 0 spiro atoms. The lowest BCUT2D eigenvalue weighted by Gasteiger charge is -2.16. The third-order valence-electron chi connectivity index (χ3n) is 8.55. The number of benzene rings is 3. The molecule has 0 bridgehead atoms. The number of hydrogen-bond acceptors (Lipinski definition) is 8. The van der Waals surface area contributed by atoms with E-state index in [1.54, 1.807) is 7.11 Å².